The summed E-state index contributed by atoms with van der Waals surface area (Å²) >= 11 is 0. The fourth-order valence-electron chi connectivity index (χ4n) is 2.01. The highest BCUT2D eigenvalue weighted by molar-refractivity contribution is 5.97. The molecule has 0 aliphatic heterocycles. The van der Waals surface area contributed by atoms with Crippen LogP contribution in [-0.2, 0) is 4.79 Å². The molecule has 0 bridgehead atoms. The molecule has 0 saturated heterocycles. The Morgan fingerprint density at radius 1 is 1.12 bits per heavy atom. The monoisotopic (exact) mass is 330 g/mol. The molecule has 0 heterocycles. The number of para-hydroxylation sites is 2. The molecule has 2 aromatic carbocycles. The van der Waals surface area contributed by atoms with Gasteiger partial charge in [0.05, 0.1) is 11.3 Å². The van der Waals surface area contributed by atoms with Crippen molar-refractivity contribution in [2.75, 3.05) is 25.5 Å². The fraction of sp³-hybridized carbons (Fsp3) is 0.222. The molecule has 1 N–H and O–H groups in total. The second kappa shape index (κ2) is 8.10. The van der Waals surface area contributed by atoms with Gasteiger partial charge in [-0.05, 0) is 31.2 Å². The van der Waals surface area contributed by atoms with E-state index in [1.54, 1.807) is 42.3 Å². The lowest BCUT2D eigenvalue weighted by Crippen LogP contribution is -2.27. The maximum atomic E-state index is 13.5. The molecule has 0 aromatic heterocycles. The minimum absolute atomic E-state index is 0.0844. The van der Waals surface area contributed by atoms with Crippen LogP contribution in [0.5, 0.6) is 5.75 Å². The minimum Gasteiger partial charge on any atom is -0.483 e. The molecule has 126 valence electrons. The Bertz CT molecular complexity index is 734. The second-order valence-corrected chi connectivity index (χ2v) is 5.13. The zero-order valence-electron chi connectivity index (χ0n) is 13.6. The molecular formula is C18H19FN2O3. The highest BCUT2D eigenvalue weighted by atomic mass is 19.1. The van der Waals surface area contributed by atoms with Gasteiger partial charge in [0.1, 0.15) is 11.6 Å². The van der Waals surface area contributed by atoms with E-state index in [9.17, 15) is 14.0 Å². The van der Waals surface area contributed by atoms with Crippen molar-refractivity contribution in [2.45, 2.75) is 6.92 Å². The number of ether oxygens (including phenoxy) is 1. The molecule has 0 aliphatic rings. The van der Waals surface area contributed by atoms with Crippen molar-refractivity contribution in [3.63, 3.8) is 0 Å². The zero-order chi connectivity index (χ0) is 17.5. The molecule has 0 spiro atoms. The summed E-state index contributed by atoms with van der Waals surface area (Å²) in [6, 6.07) is 12.6. The van der Waals surface area contributed by atoms with Crippen LogP contribution in [0.15, 0.2) is 48.5 Å². The van der Waals surface area contributed by atoms with Crippen molar-refractivity contribution in [1.82, 2.24) is 4.90 Å². The minimum atomic E-state index is -0.522. The normalized spacial score (nSPS) is 10.1. The van der Waals surface area contributed by atoms with Crippen LogP contribution >= 0.6 is 0 Å². The topological polar surface area (TPSA) is 58.6 Å². The largest absolute Gasteiger partial charge is 0.483 e. The predicted molar refractivity (Wildman–Crippen MR) is 89.6 cm³/mol. The van der Waals surface area contributed by atoms with E-state index < -0.39 is 11.7 Å². The molecule has 6 heteroatoms. The summed E-state index contributed by atoms with van der Waals surface area (Å²) in [5.74, 6) is -0.911. The number of amides is 2. The number of nitrogens with zero attached hydrogens (tertiary/aromatic N) is 1. The first kappa shape index (κ1) is 17.5. The van der Waals surface area contributed by atoms with E-state index >= 15 is 0 Å². The quantitative estimate of drug-likeness (QED) is 0.886. The Labute approximate surface area is 140 Å². The van der Waals surface area contributed by atoms with Gasteiger partial charge in [-0.2, -0.15) is 0 Å². The summed E-state index contributed by atoms with van der Waals surface area (Å²) < 4.78 is 19.0. The third kappa shape index (κ3) is 4.32. The van der Waals surface area contributed by atoms with Crippen LogP contribution in [0.25, 0.3) is 0 Å². The third-order valence-electron chi connectivity index (χ3n) is 3.45. The van der Waals surface area contributed by atoms with Gasteiger partial charge in [0, 0.05) is 13.6 Å². The number of nitrogens with one attached hydrogen (secondary N) is 1. The first-order valence-electron chi connectivity index (χ1n) is 7.54. The Morgan fingerprint density at radius 3 is 2.50 bits per heavy atom. The van der Waals surface area contributed by atoms with E-state index in [4.69, 9.17) is 4.74 Å². The van der Waals surface area contributed by atoms with Crippen molar-refractivity contribution in [1.29, 1.82) is 0 Å². The number of rotatable bonds is 6. The number of carbonyl (C=O) groups is 2. The van der Waals surface area contributed by atoms with Crippen LogP contribution in [0.4, 0.5) is 10.1 Å². The van der Waals surface area contributed by atoms with Crippen LogP contribution < -0.4 is 10.1 Å². The lowest BCUT2D eigenvalue weighted by molar-refractivity contribution is -0.118. The molecule has 5 nitrogen and oxygen atoms in total. The Hall–Kier alpha value is -2.89. The number of carbonyl (C=O) groups excluding carboxylic acids is 2. The van der Waals surface area contributed by atoms with Crippen molar-refractivity contribution < 1.29 is 18.7 Å². The highest BCUT2D eigenvalue weighted by Gasteiger charge is 2.16. The van der Waals surface area contributed by atoms with Gasteiger partial charge < -0.3 is 15.0 Å². The standard InChI is InChI=1S/C18H19FN2O3/c1-3-21(2)18(23)13-8-4-7-11-16(13)24-12-17(22)20-15-10-6-5-9-14(15)19/h4-11H,3,12H2,1-2H3,(H,20,22). The average Bonchev–Trinajstić information content (AvgIpc) is 2.61. The van der Waals surface area contributed by atoms with E-state index in [1.165, 1.54) is 18.2 Å². The maximum Gasteiger partial charge on any atom is 0.262 e. The molecule has 0 saturated carbocycles. The summed E-state index contributed by atoms with van der Waals surface area (Å²) in [5, 5.41) is 2.43. The van der Waals surface area contributed by atoms with Gasteiger partial charge in [-0.3, -0.25) is 9.59 Å². The van der Waals surface area contributed by atoms with Crippen molar-refractivity contribution >= 4 is 17.5 Å². The number of hydrogen-bond acceptors (Lipinski definition) is 3. The van der Waals surface area contributed by atoms with Gasteiger partial charge in [-0.15, -0.1) is 0 Å². The lowest BCUT2D eigenvalue weighted by atomic mass is 10.2. The van der Waals surface area contributed by atoms with Crippen LogP contribution in [0, 0.1) is 5.82 Å². The van der Waals surface area contributed by atoms with Crippen LogP contribution in [0.3, 0.4) is 0 Å². The second-order valence-electron chi connectivity index (χ2n) is 5.13. The highest BCUT2D eigenvalue weighted by Crippen LogP contribution is 2.20. The fourth-order valence-corrected chi connectivity index (χ4v) is 2.01. The van der Waals surface area contributed by atoms with E-state index in [1.807, 2.05) is 6.92 Å². The van der Waals surface area contributed by atoms with Crippen LogP contribution in [0.1, 0.15) is 17.3 Å². The molecule has 0 fully saturated rings. The average molecular weight is 330 g/mol. The SMILES string of the molecule is CCN(C)C(=O)c1ccccc1OCC(=O)Nc1ccccc1F. The summed E-state index contributed by atoms with van der Waals surface area (Å²) in [6.45, 7) is 2.10. The van der Waals surface area contributed by atoms with Gasteiger partial charge >= 0.3 is 0 Å². The predicted octanol–water partition coefficient (Wildman–Crippen LogP) is 2.94. The molecule has 2 aromatic rings. The molecule has 0 atom stereocenters. The van der Waals surface area contributed by atoms with E-state index in [0.717, 1.165) is 0 Å². The maximum absolute atomic E-state index is 13.5. The van der Waals surface area contributed by atoms with Gasteiger partial charge in [0.2, 0.25) is 0 Å². The van der Waals surface area contributed by atoms with E-state index in [-0.39, 0.29) is 18.2 Å². The third-order valence-corrected chi connectivity index (χ3v) is 3.45. The number of hydrogen-bond donors (Lipinski definition) is 1. The molecule has 0 radical (unpaired) electrons. The summed E-state index contributed by atoms with van der Waals surface area (Å²) in [4.78, 5) is 25.7. The van der Waals surface area contributed by atoms with Gasteiger partial charge in [-0.1, -0.05) is 24.3 Å². The summed E-state index contributed by atoms with van der Waals surface area (Å²) in [5.41, 5.74) is 0.460. The number of benzene rings is 2. The van der Waals surface area contributed by atoms with E-state index in [0.29, 0.717) is 17.9 Å². The Kier molecular flexibility index (Phi) is 5.89. The van der Waals surface area contributed by atoms with Crippen LogP contribution in [0.2, 0.25) is 0 Å². The lowest BCUT2D eigenvalue weighted by Gasteiger charge is -2.17. The smallest absolute Gasteiger partial charge is 0.262 e. The molecule has 2 amide bonds. The molecular weight excluding hydrogens is 311 g/mol. The van der Waals surface area contributed by atoms with Gasteiger partial charge in [0.15, 0.2) is 6.61 Å². The first-order valence-corrected chi connectivity index (χ1v) is 7.54. The van der Waals surface area contributed by atoms with Gasteiger partial charge in [0.25, 0.3) is 11.8 Å². The first-order chi connectivity index (χ1) is 11.5. The molecule has 2 rings (SSSR count). The molecule has 0 aliphatic carbocycles. The molecule has 0 unspecified atom stereocenters. The Balaban J connectivity index is 2.03. The summed E-state index contributed by atoms with van der Waals surface area (Å²) in [7, 11) is 1.68. The van der Waals surface area contributed by atoms with Gasteiger partial charge in [-0.25, -0.2) is 4.39 Å². The number of halogens is 1. The van der Waals surface area contributed by atoms with Crippen molar-refractivity contribution in [3.05, 3.63) is 59.9 Å². The van der Waals surface area contributed by atoms with Crippen molar-refractivity contribution in [3.8, 4) is 5.75 Å². The van der Waals surface area contributed by atoms with E-state index in [2.05, 4.69) is 5.32 Å². The summed E-state index contributed by atoms with van der Waals surface area (Å²) in [6.07, 6.45) is 0. The zero-order valence-corrected chi connectivity index (χ0v) is 13.6. The number of anilines is 1. The van der Waals surface area contributed by atoms with Crippen molar-refractivity contribution in [2.24, 2.45) is 0 Å². The van der Waals surface area contributed by atoms with Crippen LogP contribution in [-0.4, -0.2) is 36.9 Å². The molecule has 24 heavy (non-hydrogen) atoms. The Morgan fingerprint density at radius 2 is 1.79 bits per heavy atom.